The van der Waals surface area contributed by atoms with Gasteiger partial charge >= 0.3 is 0 Å². The van der Waals surface area contributed by atoms with Gasteiger partial charge < -0.3 is 38.1 Å². The van der Waals surface area contributed by atoms with Crippen molar-refractivity contribution < 1.29 is 38.1 Å². The molecule has 0 radical (unpaired) electrons. The van der Waals surface area contributed by atoms with Crippen LogP contribution >= 0.6 is 0 Å². The Hall–Kier alpha value is -5.90. The minimum absolute atomic E-state index is 0.578. The molecular formula is C58H86N2O8. The number of oxime groups is 2. The van der Waals surface area contributed by atoms with Gasteiger partial charge in [-0.15, -0.1) is 0 Å². The van der Waals surface area contributed by atoms with Crippen LogP contribution in [0.15, 0.2) is 107 Å². The smallest absolute Gasteiger partial charge is 0.125 e. The van der Waals surface area contributed by atoms with Crippen LogP contribution < -0.4 is 28.4 Å². The van der Waals surface area contributed by atoms with Crippen LogP contribution in [-0.4, -0.2) is 65.3 Å². The Kier molecular flexibility index (Phi) is 33.7. The second-order valence-electron chi connectivity index (χ2n) is 15.7. The number of aryl methyl sites for hydroxylation is 6. The molecule has 0 unspecified atom stereocenters. The molecule has 0 fully saturated rings. The molecule has 0 aliphatic carbocycles. The molecule has 0 aromatic heterocycles. The molecule has 4 rings (SSSR count). The van der Waals surface area contributed by atoms with Crippen LogP contribution in [0.2, 0.25) is 0 Å². The molecule has 10 nitrogen and oxygen atoms in total. The summed E-state index contributed by atoms with van der Waals surface area (Å²) in [4.78, 5) is 9.62. The van der Waals surface area contributed by atoms with Crippen LogP contribution in [0.25, 0.3) is 0 Å². The molecule has 0 N–H and O–H groups in total. The van der Waals surface area contributed by atoms with E-state index in [9.17, 15) is 0 Å². The molecule has 0 bridgehead atoms. The summed E-state index contributed by atoms with van der Waals surface area (Å²) in [6.07, 6.45) is 15.4. The number of benzene rings is 4. The Morgan fingerprint density at radius 3 is 1.21 bits per heavy atom. The summed E-state index contributed by atoms with van der Waals surface area (Å²) in [5.74, 6) is 5.45. The minimum Gasteiger partial charge on any atom is -0.494 e. The highest BCUT2D eigenvalue weighted by molar-refractivity contribution is 5.81. The van der Waals surface area contributed by atoms with Crippen LogP contribution in [0.3, 0.4) is 0 Å². The molecule has 0 saturated carbocycles. The minimum atomic E-state index is 0.578. The quantitative estimate of drug-likeness (QED) is 0.0240. The first-order chi connectivity index (χ1) is 33.1. The first-order valence-electron chi connectivity index (χ1n) is 24.6. The lowest BCUT2D eigenvalue weighted by molar-refractivity contribution is 0.212. The van der Waals surface area contributed by atoms with Gasteiger partial charge in [0.1, 0.15) is 61.9 Å². The molecule has 0 saturated heterocycles. The molecule has 0 heterocycles. The molecule has 0 aliphatic heterocycles. The summed E-state index contributed by atoms with van der Waals surface area (Å²) in [7, 11) is 3.15. The average Bonchev–Trinajstić information content (AvgIpc) is 3.33. The van der Waals surface area contributed by atoms with Crippen molar-refractivity contribution in [3.8, 4) is 34.5 Å². The summed E-state index contributed by atoms with van der Waals surface area (Å²) >= 11 is 0. The number of hydrogen-bond acceptors (Lipinski definition) is 10. The Balaban J connectivity index is 0.000000635. The van der Waals surface area contributed by atoms with Crippen molar-refractivity contribution in [3.05, 3.63) is 130 Å². The van der Waals surface area contributed by atoms with Crippen LogP contribution in [0, 0.1) is 27.7 Å². The number of unbranched alkanes of at least 4 members (excludes halogenated alkanes) is 2. The van der Waals surface area contributed by atoms with Gasteiger partial charge in [-0.1, -0.05) is 86.6 Å². The second kappa shape index (κ2) is 38.1. The van der Waals surface area contributed by atoms with Gasteiger partial charge in [0.05, 0.1) is 37.9 Å². The lowest BCUT2D eigenvalue weighted by Crippen LogP contribution is -2.07. The van der Waals surface area contributed by atoms with Gasteiger partial charge in [0.15, 0.2) is 0 Å². The maximum absolute atomic E-state index is 6.06. The highest BCUT2D eigenvalue weighted by Crippen LogP contribution is 2.30. The first kappa shape index (κ1) is 60.1. The van der Waals surface area contributed by atoms with Gasteiger partial charge in [-0.2, -0.15) is 0 Å². The fourth-order valence-corrected chi connectivity index (χ4v) is 6.73. The molecule has 0 atom stereocenters. The normalized spacial score (nSPS) is 11.1. The summed E-state index contributed by atoms with van der Waals surface area (Å²) in [6, 6.07) is 24.6. The zero-order valence-corrected chi connectivity index (χ0v) is 44.3. The zero-order valence-electron chi connectivity index (χ0n) is 44.3. The molecule has 0 amide bonds. The third kappa shape index (κ3) is 25.9. The van der Waals surface area contributed by atoms with Gasteiger partial charge in [0.2, 0.25) is 0 Å². The third-order valence-electron chi connectivity index (χ3n) is 9.98. The zero-order chi connectivity index (χ0) is 50.4. The Morgan fingerprint density at radius 2 is 0.824 bits per heavy atom. The van der Waals surface area contributed by atoms with E-state index in [1.807, 2.05) is 142 Å². The van der Waals surface area contributed by atoms with E-state index >= 15 is 0 Å². The van der Waals surface area contributed by atoms with Crippen LogP contribution in [0.1, 0.15) is 127 Å². The van der Waals surface area contributed by atoms with Gasteiger partial charge in [0, 0.05) is 6.42 Å². The SMILES string of the molecule is C/C=C/COc1cc(C)c(OCCCCCOc2cccc(CC/C(C)=N\OC)c2)c(C)c1.C/C=C/COc1cc(C)c(OCCCOc2cccc(CC/C(C)=N\OC)c2)c(C)c1.CC.CC. The van der Waals surface area contributed by atoms with E-state index in [4.69, 9.17) is 38.1 Å². The second-order valence-corrected chi connectivity index (χ2v) is 15.7. The number of hydrogen-bond donors (Lipinski definition) is 0. The molecule has 4 aromatic rings. The summed E-state index contributed by atoms with van der Waals surface area (Å²) in [6.45, 7) is 27.9. The van der Waals surface area contributed by atoms with E-state index in [-0.39, 0.29) is 0 Å². The van der Waals surface area contributed by atoms with Crippen molar-refractivity contribution in [2.45, 2.75) is 134 Å². The van der Waals surface area contributed by atoms with E-state index in [2.05, 4.69) is 48.4 Å². The topological polar surface area (TPSA) is 98.6 Å². The van der Waals surface area contributed by atoms with Crippen LogP contribution in [0.4, 0.5) is 0 Å². The van der Waals surface area contributed by atoms with E-state index in [1.54, 1.807) is 14.2 Å². The van der Waals surface area contributed by atoms with Crippen molar-refractivity contribution in [2.24, 2.45) is 10.3 Å². The van der Waals surface area contributed by atoms with E-state index in [0.29, 0.717) is 39.6 Å². The summed E-state index contributed by atoms with van der Waals surface area (Å²) < 4.78 is 35.4. The number of ether oxygens (including phenoxy) is 6. The summed E-state index contributed by atoms with van der Waals surface area (Å²) in [5.41, 5.74) is 8.82. The molecule has 0 aliphatic rings. The molecule has 0 spiro atoms. The fourth-order valence-electron chi connectivity index (χ4n) is 6.73. The molecule has 68 heavy (non-hydrogen) atoms. The largest absolute Gasteiger partial charge is 0.494 e. The van der Waals surface area contributed by atoms with Gasteiger partial charge in [-0.05, 0) is 182 Å². The Labute approximate surface area is 411 Å². The van der Waals surface area contributed by atoms with Crippen LogP contribution in [0.5, 0.6) is 34.5 Å². The summed E-state index contributed by atoms with van der Waals surface area (Å²) in [5, 5.41) is 7.91. The van der Waals surface area contributed by atoms with Crippen molar-refractivity contribution in [3.63, 3.8) is 0 Å². The average molecular weight is 939 g/mol. The lowest BCUT2D eigenvalue weighted by Gasteiger charge is -2.14. The van der Waals surface area contributed by atoms with E-state index < -0.39 is 0 Å². The monoisotopic (exact) mass is 939 g/mol. The lowest BCUT2D eigenvalue weighted by atomic mass is 10.1. The Bertz CT molecular complexity index is 2030. The van der Waals surface area contributed by atoms with Gasteiger partial charge in [0.25, 0.3) is 0 Å². The van der Waals surface area contributed by atoms with Crippen molar-refractivity contribution in [1.29, 1.82) is 0 Å². The predicted molar refractivity (Wildman–Crippen MR) is 285 cm³/mol. The van der Waals surface area contributed by atoms with Gasteiger partial charge in [-0.25, -0.2) is 0 Å². The molecular weight excluding hydrogens is 853 g/mol. The Morgan fingerprint density at radius 1 is 0.456 bits per heavy atom. The maximum atomic E-state index is 6.06. The highest BCUT2D eigenvalue weighted by atomic mass is 16.6. The van der Waals surface area contributed by atoms with Crippen molar-refractivity contribution in [1.82, 2.24) is 0 Å². The van der Waals surface area contributed by atoms with Crippen molar-refractivity contribution >= 4 is 11.4 Å². The fraction of sp³-hybridized carbons (Fsp3) is 0.483. The third-order valence-corrected chi connectivity index (χ3v) is 9.98. The number of allylic oxidation sites excluding steroid dienone is 2. The first-order valence-corrected chi connectivity index (χ1v) is 24.6. The number of nitrogens with zero attached hydrogens (tertiary/aromatic N) is 2. The highest BCUT2D eigenvalue weighted by Gasteiger charge is 2.09. The van der Waals surface area contributed by atoms with Crippen molar-refractivity contribution in [2.75, 3.05) is 53.9 Å². The van der Waals surface area contributed by atoms with Gasteiger partial charge in [-0.3, -0.25) is 0 Å². The maximum Gasteiger partial charge on any atom is 0.125 e. The van der Waals surface area contributed by atoms with Crippen LogP contribution in [-0.2, 0) is 22.5 Å². The molecule has 10 heteroatoms. The van der Waals surface area contributed by atoms with E-state index in [1.165, 1.54) is 11.1 Å². The predicted octanol–water partition coefficient (Wildman–Crippen LogP) is 15.0. The van der Waals surface area contributed by atoms with E-state index in [0.717, 1.165) is 120 Å². The molecule has 376 valence electrons. The number of rotatable bonds is 28. The standard InChI is InChI=1S/C28H39NO4.C26H35NO4.2C2H6/c1-6-7-16-32-27-19-22(2)28(23(3)20-27)33-18-10-8-9-17-31-26-13-11-12-25(21-26)15-14-24(4)29-30-5;1-6-7-14-30-25-17-20(2)26(21(3)18-25)31-16-9-15-29-24-11-8-10-23(19-24)13-12-22(4)27-28-5;2*1-2/h6-7,11-13,19-21H,8-10,14-18H2,1-5H3;6-8,10-11,17-19H,9,12-16H2,1-5H3;2*1-2H3/b7-6+,29-24-;7-6+,27-22-;;. The molecule has 4 aromatic carbocycles.